The van der Waals surface area contributed by atoms with E-state index >= 15 is 0 Å². The molecule has 3 fully saturated rings. The fourth-order valence-electron chi connectivity index (χ4n) is 6.67. The molecule has 0 aliphatic heterocycles. The summed E-state index contributed by atoms with van der Waals surface area (Å²) in [4.78, 5) is 0. The van der Waals surface area contributed by atoms with E-state index < -0.39 is 0 Å². The first-order valence-corrected chi connectivity index (χ1v) is 8.99. The van der Waals surface area contributed by atoms with E-state index in [-0.39, 0.29) is 17.6 Å². The molecule has 0 aromatic carbocycles. The number of aliphatic hydroxyl groups excluding tert-OH is 2. The Morgan fingerprint density at radius 2 is 1.67 bits per heavy atom. The molecule has 2 N–H and O–H groups in total. The molecule has 0 amide bonds. The molecular formula is C19H30O2. The van der Waals surface area contributed by atoms with Gasteiger partial charge in [0.05, 0.1) is 12.2 Å². The maximum Gasteiger partial charge on any atom is 0.0780 e. The molecule has 0 aromatic heterocycles. The number of allylic oxidation sites excluding steroid dienone is 1. The third kappa shape index (κ3) is 1.84. The van der Waals surface area contributed by atoms with E-state index in [1.54, 1.807) is 0 Å². The van der Waals surface area contributed by atoms with Gasteiger partial charge in [-0.1, -0.05) is 26.0 Å². The average molecular weight is 290 g/mol. The monoisotopic (exact) mass is 290 g/mol. The van der Waals surface area contributed by atoms with Gasteiger partial charge in [-0.05, 0) is 74.0 Å². The summed E-state index contributed by atoms with van der Waals surface area (Å²) >= 11 is 0. The van der Waals surface area contributed by atoms with Gasteiger partial charge in [0.25, 0.3) is 0 Å². The lowest BCUT2D eigenvalue weighted by atomic mass is 9.45. The Morgan fingerprint density at radius 3 is 2.48 bits per heavy atom. The van der Waals surface area contributed by atoms with Gasteiger partial charge in [-0.2, -0.15) is 0 Å². The van der Waals surface area contributed by atoms with E-state index in [1.165, 1.54) is 25.7 Å². The summed E-state index contributed by atoms with van der Waals surface area (Å²) in [5.41, 5.74) is 0.531. The summed E-state index contributed by atoms with van der Waals surface area (Å²) in [6, 6.07) is 0. The minimum Gasteiger partial charge on any atom is -0.393 e. The SMILES string of the molecule is C[C@]12CCC(O)CC1CC[C@@H]1[C@H]2CC[C@]2(C)C(O)C=C[C@@H]12. The van der Waals surface area contributed by atoms with E-state index in [2.05, 4.69) is 26.0 Å². The standard InChI is InChI=1S/C19H30O2/c1-18-9-7-13(20)11-12(18)3-4-14-15-5-6-17(21)19(15,2)10-8-16(14)18/h5-6,12-17,20-21H,3-4,7-11H2,1-2H3/t12?,13?,14-,15-,16+,17?,18-,19-/m0/s1. The van der Waals surface area contributed by atoms with Gasteiger partial charge in [-0.15, -0.1) is 0 Å². The van der Waals surface area contributed by atoms with Crippen LogP contribution in [0.5, 0.6) is 0 Å². The van der Waals surface area contributed by atoms with Crippen molar-refractivity contribution in [3.63, 3.8) is 0 Å². The first kappa shape index (κ1) is 14.3. The maximum atomic E-state index is 10.4. The summed E-state index contributed by atoms with van der Waals surface area (Å²) in [7, 11) is 0. The quantitative estimate of drug-likeness (QED) is 0.670. The van der Waals surface area contributed by atoms with E-state index in [1.807, 2.05) is 0 Å². The lowest BCUT2D eigenvalue weighted by Crippen LogP contribution is -2.54. The molecule has 2 heteroatoms. The number of fused-ring (bicyclic) bond motifs is 5. The zero-order chi connectivity index (χ0) is 14.8. The van der Waals surface area contributed by atoms with Crippen LogP contribution in [0.15, 0.2) is 12.2 Å². The molecule has 3 unspecified atom stereocenters. The van der Waals surface area contributed by atoms with Gasteiger partial charge in [0.2, 0.25) is 0 Å². The molecule has 21 heavy (non-hydrogen) atoms. The van der Waals surface area contributed by atoms with Crippen molar-refractivity contribution in [2.45, 2.75) is 71.0 Å². The van der Waals surface area contributed by atoms with Crippen LogP contribution in [0.2, 0.25) is 0 Å². The maximum absolute atomic E-state index is 10.4. The fourth-order valence-corrected chi connectivity index (χ4v) is 6.67. The van der Waals surface area contributed by atoms with E-state index in [0.717, 1.165) is 37.0 Å². The predicted molar refractivity (Wildman–Crippen MR) is 83.6 cm³/mol. The van der Waals surface area contributed by atoms with Crippen LogP contribution in [0.3, 0.4) is 0 Å². The van der Waals surface area contributed by atoms with Gasteiger partial charge in [0.1, 0.15) is 0 Å². The lowest BCUT2D eigenvalue weighted by Gasteiger charge is -2.60. The van der Waals surface area contributed by atoms with E-state index in [0.29, 0.717) is 11.3 Å². The zero-order valence-corrected chi connectivity index (χ0v) is 13.5. The Bertz CT molecular complexity index is 458. The van der Waals surface area contributed by atoms with Crippen LogP contribution in [0.25, 0.3) is 0 Å². The van der Waals surface area contributed by atoms with Crippen molar-refractivity contribution in [2.75, 3.05) is 0 Å². The van der Waals surface area contributed by atoms with Crippen molar-refractivity contribution < 1.29 is 10.2 Å². The van der Waals surface area contributed by atoms with Crippen molar-refractivity contribution in [3.8, 4) is 0 Å². The Kier molecular flexibility index (Phi) is 3.11. The largest absolute Gasteiger partial charge is 0.393 e. The highest BCUT2D eigenvalue weighted by Gasteiger charge is 2.58. The van der Waals surface area contributed by atoms with E-state index in [9.17, 15) is 10.2 Å². The van der Waals surface area contributed by atoms with Crippen molar-refractivity contribution in [3.05, 3.63) is 12.2 Å². The summed E-state index contributed by atoms with van der Waals surface area (Å²) < 4.78 is 0. The van der Waals surface area contributed by atoms with E-state index in [4.69, 9.17) is 0 Å². The summed E-state index contributed by atoms with van der Waals surface area (Å²) in [5, 5.41) is 20.4. The Hall–Kier alpha value is -0.340. The Balaban J connectivity index is 1.64. The third-order valence-electron chi connectivity index (χ3n) is 8.11. The molecule has 0 radical (unpaired) electrons. The molecule has 4 rings (SSSR count). The molecule has 0 bridgehead atoms. The van der Waals surface area contributed by atoms with Crippen molar-refractivity contribution in [1.82, 2.24) is 0 Å². The second kappa shape index (κ2) is 4.58. The van der Waals surface area contributed by atoms with Gasteiger partial charge in [-0.3, -0.25) is 0 Å². The van der Waals surface area contributed by atoms with Crippen LogP contribution in [0.1, 0.15) is 58.8 Å². The third-order valence-corrected chi connectivity index (χ3v) is 8.11. The molecule has 0 aromatic rings. The Labute approximate surface area is 128 Å². The minimum atomic E-state index is -0.234. The van der Waals surface area contributed by atoms with Gasteiger partial charge < -0.3 is 10.2 Å². The number of aliphatic hydroxyl groups is 2. The fraction of sp³-hybridized carbons (Fsp3) is 0.895. The first-order chi connectivity index (χ1) is 9.95. The molecule has 8 atom stereocenters. The highest BCUT2D eigenvalue weighted by Crippen LogP contribution is 2.64. The van der Waals surface area contributed by atoms with Crippen LogP contribution in [-0.2, 0) is 0 Å². The molecule has 4 aliphatic rings. The predicted octanol–water partition coefficient (Wildman–Crippen LogP) is 3.53. The van der Waals surface area contributed by atoms with Crippen molar-refractivity contribution in [1.29, 1.82) is 0 Å². The molecule has 4 aliphatic carbocycles. The van der Waals surface area contributed by atoms with Crippen LogP contribution in [0, 0.1) is 34.5 Å². The average Bonchev–Trinajstić information content (AvgIpc) is 2.76. The first-order valence-electron chi connectivity index (χ1n) is 8.99. The number of hydrogen-bond donors (Lipinski definition) is 2. The second-order valence-corrected chi connectivity index (χ2v) is 8.88. The summed E-state index contributed by atoms with van der Waals surface area (Å²) in [5.74, 6) is 2.86. The van der Waals surface area contributed by atoms with Crippen LogP contribution >= 0.6 is 0 Å². The van der Waals surface area contributed by atoms with Crippen LogP contribution < -0.4 is 0 Å². The molecular weight excluding hydrogens is 260 g/mol. The smallest absolute Gasteiger partial charge is 0.0780 e. The number of rotatable bonds is 0. The molecule has 0 saturated heterocycles. The van der Waals surface area contributed by atoms with Crippen LogP contribution in [-0.4, -0.2) is 22.4 Å². The number of hydrogen-bond acceptors (Lipinski definition) is 2. The van der Waals surface area contributed by atoms with Gasteiger partial charge >= 0.3 is 0 Å². The molecule has 118 valence electrons. The summed E-state index contributed by atoms with van der Waals surface area (Å²) in [6.45, 7) is 4.82. The van der Waals surface area contributed by atoms with Crippen molar-refractivity contribution >= 4 is 0 Å². The molecule has 0 spiro atoms. The topological polar surface area (TPSA) is 40.5 Å². The van der Waals surface area contributed by atoms with Gasteiger partial charge in [0.15, 0.2) is 0 Å². The van der Waals surface area contributed by atoms with Crippen LogP contribution in [0.4, 0.5) is 0 Å². The highest BCUT2D eigenvalue weighted by molar-refractivity contribution is 5.19. The minimum absolute atomic E-state index is 0.0540. The zero-order valence-electron chi connectivity index (χ0n) is 13.5. The Morgan fingerprint density at radius 1 is 0.905 bits per heavy atom. The normalized spacial score (nSPS) is 59.2. The molecule has 2 nitrogen and oxygen atoms in total. The second-order valence-electron chi connectivity index (χ2n) is 8.88. The summed E-state index contributed by atoms with van der Waals surface area (Å²) in [6.07, 6.45) is 12.4. The highest BCUT2D eigenvalue weighted by atomic mass is 16.3. The van der Waals surface area contributed by atoms with Gasteiger partial charge in [0, 0.05) is 5.41 Å². The molecule has 0 heterocycles. The lowest BCUT2D eigenvalue weighted by molar-refractivity contribution is -0.128. The molecule has 3 saturated carbocycles. The van der Waals surface area contributed by atoms with Gasteiger partial charge in [-0.25, -0.2) is 0 Å². The van der Waals surface area contributed by atoms with Crippen molar-refractivity contribution in [2.24, 2.45) is 34.5 Å².